The molecule has 0 rings (SSSR count). The monoisotopic (exact) mass is 186 g/mol. The topological polar surface area (TPSA) is 55.1 Å². The fraction of sp³-hybridized carbons (Fsp3) is 0.900. The first-order valence-electron chi connectivity index (χ1n) is 4.91. The van der Waals surface area contributed by atoms with Crippen LogP contribution in [0.3, 0.4) is 0 Å². The van der Waals surface area contributed by atoms with Gasteiger partial charge in [0.15, 0.2) is 0 Å². The summed E-state index contributed by atoms with van der Waals surface area (Å²) in [4.78, 5) is 11.2. The van der Waals surface area contributed by atoms with Crippen LogP contribution in [0.1, 0.15) is 40.5 Å². The molecule has 1 atom stereocenters. The summed E-state index contributed by atoms with van der Waals surface area (Å²) in [6.45, 7) is 8.82. The Hall–Kier alpha value is -0.570. The molecule has 0 aromatic carbocycles. The Morgan fingerprint density at radius 3 is 2.31 bits per heavy atom. The van der Waals surface area contributed by atoms with Gasteiger partial charge in [0.05, 0.1) is 0 Å². The normalized spacial score (nSPS) is 13.9. The zero-order chi connectivity index (χ0) is 10.5. The van der Waals surface area contributed by atoms with Gasteiger partial charge < -0.3 is 11.1 Å². The minimum absolute atomic E-state index is 0.0875. The number of hydrogen-bond acceptors (Lipinski definition) is 2. The zero-order valence-electron chi connectivity index (χ0n) is 9.18. The minimum atomic E-state index is 0.0875. The van der Waals surface area contributed by atoms with Crippen molar-refractivity contribution in [2.24, 2.45) is 11.1 Å². The lowest BCUT2D eigenvalue weighted by Crippen LogP contribution is -2.44. The molecule has 1 amide bonds. The van der Waals surface area contributed by atoms with Gasteiger partial charge in [-0.2, -0.15) is 0 Å². The van der Waals surface area contributed by atoms with E-state index >= 15 is 0 Å². The van der Waals surface area contributed by atoms with E-state index in [1.54, 1.807) is 0 Å². The van der Waals surface area contributed by atoms with Crippen LogP contribution in [-0.4, -0.2) is 18.5 Å². The van der Waals surface area contributed by atoms with Gasteiger partial charge in [0, 0.05) is 12.5 Å². The Balaban J connectivity index is 4.18. The molecule has 0 aromatic rings. The molecular formula is C10H22N2O. The molecule has 1 unspecified atom stereocenters. The molecule has 3 N–H and O–H groups in total. The van der Waals surface area contributed by atoms with Crippen LogP contribution in [0.2, 0.25) is 0 Å². The summed E-state index contributed by atoms with van der Waals surface area (Å²) in [5.74, 6) is 0.105. The van der Waals surface area contributed by atoms with Crippen molar-refractivity contribution in [1.82, 2.24) is 5.32 Å². The summed E-state index contributed by atoms with van der Waals surface area (Å²) < 4.78 is 0. The van der Waals surface area contributed by atoms with Crippen molar-refractivity contribution >= 4 is 5.91 Å². The highest BCUT2D eigenvalue weighted by molar-refractivity contribution is 5.75. The van der Waals surface area contributed by atoms with Gasteiger partial charge >= 0.3 is 0 Å². The number of hydrogen-bond donors (Lipinski definition) is 2. The molecule has 0 heterocycles. The summed E-state index contributed by atoms with van der Waals surface area (Å²) in [7, 11) is 0. The maximum absolute atomic E-state index is 11.2. The van der Waals surface area contributed by atoms with Crippen LogP contribution in [0.4, 0.5) is 0 Å². The smallest absolute Gasteiger partial charge is 0.219 e. The van der Waals surface area contributed by atoms with E-state index < -0.39 is 0 Å². The van der Waals surface area contributed by atoms with Crippen molar-refractivity contribution in [2.75, 3.05) is 6.54 Å². The molecule has 0 bridgehead atoms. The number of nitrogens with one attached hydrogen (secondary N) is 1. The molecule has 3 nitrogen and oxygen atoms in total. The van der Waals surface area contributed by atoms with E-state index in [0.29, 0.717) is 13.0 Å². The second-order valence-electron chi connectivity index (χ2n) is 4.42. The Morgan fingerprint density at radius 2 is 2.00 bits per heavy atom. The molecule has 0 aliphatic rings. The van der Waals surface area contributed by atoms with Crippen LogP contribution in [-0.2, 0) is 4.79 Å². The van der Waals surface area contributed by atoms with Crippen LogP contribution in [0.25, 0.3) is 0 Å². The highest BCUT2D eigenvalue weighted by Gasteiger charge is 2.24. The predicted molar refractivity (Wildman–Crippen MR) is 55.3 cm³/mol. The highest BCUT2D eigenvalue weighted by atomic mass is 16.1. The lowest BCUT2D eigenvalue weighted by molar-refractivity contribution is -0.122. The Kier molecular flexibility index (Phi) is 4.99. The molecule has 3 heteroatoms. The molecule has 0 aliphatic heterocycles. The van der Waals surface area contributed by atoms with E-state index in [1.165, 1.54) is 0 Å². The fourth-order valence-electron chi connectivity index (χ4n) is 1.18. The van der Waals surface area contributed by atoms with Crippen LogP contribution in [0, 0.1) is 5.41 Å². The summed E-state index contributed by atoms with van der Waals surface area (Å²) in [6.07, 6.45) is 1.38. The number of amides is 1. The molecule has 0 saturated carbocycles. The number of nitrogens with two attached hydrogens (primary N) is 1. The van der Waals surface area contributed by atoms with E-state index in [2.05, 4.69) is 26.1 Å². The van der Waals surface area contributed by atoms with Gasteiger partial charge in [-0.25, -0.2) is 0 Å². The number of carbonyl (C=O) groups is 1. The summed E-state index contributed by atoms with van der Waals surface area (Å²) in [6, 6.07) is 0.185. The second kappa shape index (κ2) is 5.22. The van der Waals surface area contributed by atoms with Crippen LogP contribution in [0.15, 0.2) is 0 Å². The second-order valence-corrected chi connectivity index (χ2v) is 4.42. The fourth-order valence-corrected chi connectivity index (χ4v) is 1.18. The number of rotatable bonds is 4. The molecule has 0 fully saturated rings. The molecular weight excluding hydrogens is 164 g/mol. The predicted octanol–water partition coefficient (Wildman–Crippen LogP) is 1.28. The van der Waals surface area contributed by atoms with Gasteiger partial charge in [-0.1, -0.05) is 27.7 Å². The third kappa shape index (κ3) is 4.88. The maximum Gasteiger partial charge on any atom is 0.219 e. The van der Waals surface area contributed by atoms with Crippen LogP contribution >= 0.6 is 0 Å². The average molecular weight is 186 g/mol. The van der Waals surface area contributed by atoms with E-state index in [9.17, 15) is 4.79 Å². The van der Waals surface area contributed by atoms with Gasteiger partial charge in [-0.3, -0.25) is 4.79 Å². The van der Waals surface area contributed by atoms with E-state index in [1.807, 2.05) is 6.92 Å². The van der Waals surface area contributed by atoms with Crippen molar-refractivity contribution in [3.8, 4) is 0 Å². The Labute approximate surface area is 81.1 Å². The molecule has 0 aromatic heterocycles. The third-order valence-corrected chi connectivity index (χ3v) is 2.16. The van der Waals surface area contributed by atoms with Gasteiger partial charge in [0.25, 0.3) is 0 Å². The average Bonchev–Trinajstić information content (AvgIpc) is 2.01. The van der Waals surface area contributed by atoms with E-state index in [-0.39, 0.29) is 17.4 Å². The van der Waals surface area contributed by atoms with E-state index in [4.69, 9.17) is 5.73 Å². The van der Waals surface area contributed by atoms with Crippen molar-refractivity contribution < 1.29 is 4.79 Å². The summed E-state index contributed by atoms with van der Waals surface area (Å²) in [5, 5.41) is 2.99. The molecule has 0 saturated heterocycles. The van der Waals surface area contributed by atoms with Gasteiger partial charge in [0.2, 0.25) is 5.91 Å². The summed E-state index contributed by atoms with van der Waals surface area (Å²) >= 11 is 0. The molecule has 0 radical (unpaired) electrons. The standard InChI is InChI=1S/C10H22N2O/c1-5-9(13)12-8(6-7-11)10(2,3)4/h8H,5-7,11H2,1-4H3,(H,12,13). The van der Waals surface area contributed by atoms with Gasteiger partial charge in [-0.05, 0) is 18.4 Å². The number of carbonyl (C=O) groups excluding carboxylic acids is 1. The first-order valence-corrected chi connectivity index (χ1v) is 4.91. The van der Waals surface area contributed by atoms with Gasteiger partial charge in [-0.15, -0.1) is 0 Å². The first kappa shape index (κ1) is 12.4. The quantitative estimate of drug-likeness (QED) is 0.695. The van der Waals surface area contributed by atoms with Crippen molar-refractivity contribution in [3.63, 3.8) is 0 Å². The van der Waals surface area contributed by atoms with Crippen molar-refractivity contribution in [2.45, 2.75) is 46.6 Å². The zero-order valence-corrected chi connectivity index (χ0v) is 9.18. The lowest BCUT2D eigenvalue weighted by Gasteiger charge is -2.31. The van der Waals surface area contributed by atoms with Crippen molar-refractivity contribution in [1.29, 1.82) is 0 Å². The summed E-state index contributed by atoms with van der Waals surface area (Å²) in [5.41, 5.74) is 5.58. The van der Waals surface area contributed by atoms with E-state index in [0.717, 1.165) is 6.42 Å². The third-order valence-electron chi connectivity index (χ3n) is 2.16. The van der Waals surface area contributed by atoms with Crippen molar-refractivity contribution in [3.05, 3.63) is 0 Å². The molecule has 0 aliphatic carbocycles. The van der Waals surface area contributed by atoms with Crippen LogP contribution in [0.5, 0.6) is 0 Å². The molecule has 13 heavy (non-hydrogen) atoms. The largest absolute Gasteiger partial charge is 0.353 e. The SMILES string of the molecule is CCC(=O)NC(CCN)C(C)(C)C. The maximum atomic E-state index is 11.2. The molecule has 0 spiro atoms. The van der Waals surface area contributed by atoms with Gasteiger partial charge in [0.1, 0.15) is 0 Å². The van der Waals surface area contributed by atoms with Crippen LogP contribution < -0.4 is 11.1 Å². The lowest BCUT2D eigenvalue weighted by atomic mass is 9.84. The first-order chi connectivity index (χ1) is 5.91. The minimum Gasteiger partial charge on any atom is -0.353 e. The molecule has 78 valence electrons. The Morgan fingerprint density at radius 1 is 1.46 bits per heavy atom. The highest BCUT2D eigenvalue weighted by Crippen LogP contribution is 2.21. The Bertz CT molecular complexity index is 161.